The molecule has 0 N–H and O–H groups in total. The fourth-order valence-corrected chi connectivity index (χ4v) is 9.23. The highest BCUT2D eigenvalue weighted by Crippen LogP contribution is 2.16. The predicted octanol–water partition coefficient (Wildman–Crippen LogP) is 22.3. The summed E-state index contributed by atoms with van der Waals surface area (Å²) in [6, 6.07) is 0. The third-order valence-electron chi connectivity index (χ3n) is 14.1. The normalized spacial score (nSPS) is 12.6. The van der Waals surface area contributed by atoms with E-state index < -0.39 is 6.10 Å². The van der Waals surface area contributed by atoms with Gasteiger partial charge in [0, 0.05) is 19.3 Å². The summed E-state index contributed by atoms with van der Waals surface area (Å²) < 4.78 is 16.9. The van der Waals surface area contributed by atoms with Crippen molar-refractivity contribution in [2.24, 2.45) is 0 Å². The number of carbonyl (C=O) groups excluding carboxylic acids is 3. The van der Waals surface area contributed by atoms with E-state index in [9.17, 15) is 14.4 Å². The number of hydrogen-bond donors (Lipinski definition) is 0. The Morgan fingerprint density at radius 2 is 0.513 bits per heavy atom. The molecular formula is C70H122O6. The molecule has 0 aliphatic heterocycles. The predicted molar refractivity (Wildman–Crippen MR) is 330 cm³/mol. The molecule has 6 heteroatoms. The maximum atomic E-state index is 12.9. The van der Waals surface area contributed by atoms with Gasteiger partial charge in [0.2, 0.25) is 0 Å². The molecule has 0 aliphatic carbocycles. The van der Waals surface area contributed by atoms with Crippen LogP contribution in [0.2, 0.25) is 0 Å². The zero-order chi connectivity index (χ0) is 55.0. The van der Waals surface area contributed by atoms with E-state index in [0.29, 0.717) is 19.3 Å². The number of ether oxygens (including phenoxy) is 3. The van der Waals surface area contributed by atoms with Gasteiger partial charge >= 0.3 is 17.9 Å². The van der Waals surface area contributed by atoms with Crippen molar-refractivity contribution < 1.29 is 28.6 Å². The first kappa shape index (κ1) is 72.6. The van der Waals surface area contributed by atoms with Gasteiger partial charge in [0.1, 0.15) is 13.2 Å². The number of allylic oxidation sites excluding steroid dienone is 14. The standard InChI is InChI=1S/C70H122O6/c1-4-7-10-13-16-19-22-25-28-31-33-34-35-36-37-40-42-45-48-51-54-57-60-63-69(72)75-66-67(65-74-68(71)62-59-56-53-50-47-44-41-38-30-27-24-21-18-15-12-9-6-3)76-70(73)64-61-58-55-52-49-46-43-39-32-29-26-23-20-17-14-11-8-5-2/h9,12,18,20-21,23,27,29-33,41,44,67H,4-8,10-11,13-17,19,22,24-26,28,34-40,42-43,45-66H2,1-3H3/b12-9-,21-18-,23-20-,30-27-,32-29-,33-31-,44-41-. The third kappa shape index (κ3) is 61.4. The quantitative estimate of drug-likeness (QED) is 0.0261. The molecule has 0 saturated carbocycles. The molecule has 76 heavy (non-hydrogen) atoms. The lowest BCUT2D eigenvalue weighted by molar-refractivity contribution is -0.167. The largest absolute Gasteiger partial charge is 0.462 e. The van der Waals surface area contributed by atoms with E-state index in [2.05, 4.69) is 106 Å². The van der Waals surface area contributed by atoms with Crippen molar-refractivity contribution in [3.63, 3.8) is 0 Å². The van der Waals surface area contributed by atoms with Crippen LogP contribution in [0.1, 0.15) is 323 Å². The summed E-state index contributed by atoms with van der Waals surface area (Å²) in [7, 11) is 0. The molecular weight excluding hydrogens is 937 g/mol. The molecule has 0 saturated heterocycles. The van der Waals surface area contributed by atoms with E-state index in [1.165, 1.54) is 173 Å². The van der Waals surface area contributed by atoms with Crippen LogP contribution in [-0.2, 0) is 28.6 Å². The fraction of sp³-hybridized carbons (Fsp3) is 0.757. The maximum Gasteiger partial charge on any atom is 0.306 e. The minimum atomic E-state index is -0.793. The minimum Gasteiger partial charge on any atom is -0.462 e. The molecule has 1 atom stereocenters. The van der Waals surface area contributed by atoms with E-state index >= 15 is 0 Å². The second-order valence-corrected chi connectivity index (χ2v) is 21.6. The highest BCUT2D eigenvalue weighted by molar-refractivity contribution is 5.71. The van der Waals surface area contributed by atoms with Crippen LogP contribution in [0.4, 0.5) is 0 Å². The smallest absolute Gasteiger partial charge is 0.306 e. The Kier molecular flexibility index (Phi) is 61.2. The third-order valence-corrected chi connectivity index (χ3v) is 14.1. The van der Waals surface area contributed by atoms with Crippen molar-refractivity contribution in [2.75, 3.05) is 13.2 Å². The second kappa shape index (κ2) is 64.1. The van der Waals surface area contributed by atoms with Gasteiger partial charge < -0.3 is 14.2 Å². The average molecular weight is 1060 g/mol. The minimum absolute atomic E-state index is 0.0871. The zero-order valence-corrected chi connectivity index (χ0v) is 50.3. The Balaban J connectivity index is 4.38. The molecule has 6 nitrogen and oxygen atoms in total. The number of hydrogen-bond acceptors (Lipinski definition) is 6. The van der Waals surface area contributed by atoms with E-state index in [4.69, 9.17) is 14.2 Å². The molecule has 0 aromatic carbocycles. The van der Waals surface area contributed by atoms with Gasteiger partial charge in [-0.05, 0) is 116 Å². The van der Waals surface area contributed by atoms with Gasteiger partial charge in [0.25, 0.3) is 0 Å². The van der Waals surface area contributed by atoms with Crippen LogP contribution in [0.3, 0.4) is 0 Å². The number of unbranched alkanes of at least 4 members (excludes halogenated alkanes) is 34. The molecule has 0 amide bonds. The van der Waals surface area contributed by atoms with Crippen LogP contribution in [0.15, 0.2) is 85.1 Å². The van der Waals surface area contributed by atoms with Gasteiger partial charge in [-0.1, -0.05) is 273 Å². The molecule has 0 radical (unpaired) electrons. The van der Waals surface area contributed by atoms with Crippen LogP contribution in [-0.4, -0.2) is 37.2 Å². The van der Waals surface area contributed by atoms with Crippen molar-refractivity contribution in [1.82, 2.24) is 0 Å². The number of rotatable bonds is 59. The van der Waals surface area contributed by atoms with Crippen molar-refractivity contribution in [1.29, 1.82) is 0 Å². The zero-order valence-electron chi connectivity index (χ0n) is 50.3. The fourth-order valence-electron chi connectivity index (χ4n) is 9.23. The van der Waals surface area contributed by atoms with Crippen molar-refractivity contribution in [2.45, 2.75) is 329 Å². The van der Waals surface area contributed by atoms with Crippen LogP contribution >= 0.6 is 0 Å². The average Bonchev–Trinajstić information content (AvgIpc) is 3.42. The van der Waals surface area contributed by atoms with E-state index in [-0.39, 0.29) is 31.1 Å². The van der Waals surface area contributed by atoms with Crippen molar-refractivity contribution >= 4 is 17.9 Å². The SMILES string of the molecule is CC/C=C\C/C=C\C/C=C\C/C=C\CCCCCCC(=O)OCC(COC(=O)CCCCCCCCCCCCC/C=C\CCCCCCCCCC)OC(=O)CCCCCCCCC/C=C\C/C=C\CCCCCC. The molecule has 0 rings (SSSR count). The van der Waals surface area contributed by atoms with E-state index in [1.807, 2.05) is 0 Å². The summed E-state index contributed by atoms with van der Waals surface area (Å²) in [5.41, 5.74) is 0. The van der Waals surface area contributed by atoms with Gasteiger partial charge in [-0.25, -0.2) is 0 Å². The first-order chi connectivity index (χ1) is 37.5. The first-order valence-electron chi connectivity index (χ1n) is 32.6. The van der Waals surface area contributed by atoms with Crippen molar-refractivity contribution in [3.05, 3.63) is 85.1 Å². The molecule has 0 heterocycles. The molecule has 438 valence electrons. The molecule has 0 aliphatic rings. The Morgan fingerprint density at radius 3 is 0.829 bits per heavy atom. The van der Waals surface area contributed by atoms with Crippen LogP contribution < -0.4 is 0 Å². The first-order valence-corrected chi connectivity index (χ1v) is 32.6. The van der Waals surface area contributed by atoms with Gasteiger partial charge in [-0.3, -0.25) is 14.4 Å². The van der Waals surface area contributed by atoms with Gasteiger partial charge in [0.15, 0.2) is 6.10 Å². The monoisotopic (exact) mass is 1060 g/mol. The topological polar surface area (TPSA) is 78.9 Å². The Hall–Kier alpha value is -3.41. The molecule has 0 bridgehead atoms. The number of carbonyl (C=O) groups is 3. The van der Waals surface area contributed by atoms with Crippen LogP contribution in [0.25, 0.3) is 0 Å². The van der Waals surface area contributed by atoms with Gasteiger partial charge in [0.05, 0.1) is 0 Å². The van der Waals surface area contributed by atoms with E-state index in [1.54, 1.807) is 0 Å². The molecule has 0 spiro atoms. The Bertz CT molecular complexity index is 1450. The lowest BCUT2D eigenvalue weighted by Gasteiger charge is -2.18. The summed E-state index contributed by atoms with van der Waals surface area (Å²) in [6.07, 6.45) is 84.4. The lowest BCUT2D eigenvalue weighted by atomic mass is 10.0. The van der Waals surface area contributed by atoms with Gasteiger partial charge in [-0.15, -0.1) is 0 Å². The van der Waals surface area contributed by atoms with Crippen LogP contribution in [0, 0.1) is 0 Å². The number of esters is 3. The summed E-state index contributed by atoms with van der Waals surface area (Å²) in [6.45, 7) is 6.52. The Morgan fingerprint density at radius 1 is 0.276 bits per heavy atom. The lowest BCUT2D eigenvalue weighted by Crippen LogP contribution is -2.30. The Labute approximate surface area is 471 Å². The van der Waals surface area contributed by atoms with Crippen molar-refractivity contribution in [3.8, 4) is 0 Å². The summed E-state index contributed by atoms with van der Waals surface area (Å²) in [5, 5.41) is 0. The molecule has 0 aromatic heterocycles. The van der Waals surface area contributed by atoms with E-state index in [0.717, 1.165) is 109 Å². The summed E-state index contributed by atoms with van der Waals surface area (Å²) in [5.74, 6) is -0.908. The summed E-state index contributed by atoms with van der Waals surface area (Å²) >= 11 is 0. The summed E-state index contributed by atoms with van der Waals surface area (Å²) in [4.78, 5) is 38.4. The highest BCUT2D eigenvalue weighted by Gasteiger charge is 2.19. The maximum absolute atomic E-state index is 12.9. The van der Waals surface area contributed by atoms with Gasteiger partial charge in [-0.2, -0.15) is 0 Å². The van der Waals surface area contributed by atoms with Crippen LogP contribution in [0.5, 0.6) is 0 Å². The highest BCUT2D eigenvalue weighted by atomic mass is 16.6. The molecule has 0 aromatic rings. The molecule has 0 fully saturated rings. The second-order valence-electron chi connectivity index (χ2n) is 21.6. The molecule has 1 unspecified atom stereocenters.